The molecule has 1 saturated heterocycles. The van der Waals surface area contributed by atoms with E-state index in [9.17, 15) is 9.59 Å². The third kappa shape index (κ3) is 6.88. The van der Waals surface area contributed by atoms with Crippen LogP contribution in [0.15, 0.2) is 47.8 Å². The molecule has 0 radical (unpaired) electrons. The lowest BCUT2D eigenvalue weighted by atomic mass is 9.74. The van der Waals surface area contributed by atoms with E-state index in [2.05, 4.69) is 45.9 Å². The highest BCUT2D eigenvalue weighted by Crippen LogP contribution is 2.37. The van der Waals surface area contributed by atoms with Crippen molar-refractivity contribution in [2.45, 2.75) is 63.1 Å². The Morgan fingerprint density at radius 3 is 2.42 bits per heavy atom. The maximum atomic E-state index is 12.5. The zero-order valence-electron chi connectivity index (χ0n) is 19.3. The molecule has 2 fully saturated rings. The molecule has 0 spiro atoms. The van der Waals surface area contributed by atoms with Gasteiger partial charge in [0.1, 0.15) is 0 Å². The van der Waals surface area contributed by atoms with Crippen molar-refractivity contribution in [2.75, 3.05) is 26.3 Å². The summed E-state index contributed by atoms with van der Waals surface area (Å²) in [5.41, 5.74) is 1.51. The molecule has 4 rings (SSSR count). The van der Waals surface area contributed by atoms with Crippen molar-refractivity contribution in [2.24, 2.45) is 0 Å². The molecule has 2 aromatic rings. The zero-order chi connectivity index (χ0) is 22.9. The van der Waals surface area contributed by atoms with E-state index in [1.54, 1.807) is 11.3 Å². The van der Waals surface area contributed by atoms with Crippen LogP contribution in [0.4, 0.5) is 0 Å². The molecule has 33 heavy (non-hydrogen) atoms. The molecular weight excluding hydrogens is 434 g/mol. The van der Waals surface area contributed by atoms with Crippen LogP contribution in [0, 0.1) is 0 Å². The van der Waals surface area contributed by atoms with Gasteiger partial charge in [-0.05, 0) is 49.1 Å². The minimum Gasteiger partial charge on any atom is -0.379 e. The van der Waals surface area contributed by atoms with Gasteiger partial charge in [0.2, 0.25) is 11.8 Å². The summed E-state index contributed by atoms with van der Waals surface area (Å²) in [5, 5.41) is 8.07. The molecule has 1 aliphatic carbocycles. The van der Waals surface area contributed by atoms with Gasteiger partial charge in [0, 0.05) is 42.4 Å². The molecule has 0 atom stereocenters. The van der Waals surface area contributed by atoms with Crippen LogP contribution in [0.2, 0.25) is 0 Å². The summed E-state index contributed by atoms with van der Waals surface area (Å²) in [6.07, 6.45) is 5.59. The molecule has 6 nitrogen and oxygen atoms in total. The van der Waals surface area contributed by atoms with E-state index in [0.717, 1.165) is 63.3 Å². The molecule has 1 aromatic heterocycles. The van der Waals surface area contributed by atoms with Crippen LogP contribution >= 0.6 is 11.3 Å². The van der Waals surface area contributed by atoms with Crippen molar-refractivity contribution in [1.82, 2.24) is 15.5 Å². The highest BCUT2D eigenvalue weighted by Gasteiger charge is 2.41. The average molecular weight is 470 g/mol. The molecule has 0 bridgehead atoms. The number of morpholine rings is 1. The highest BCUT2D eigenvalue weighted by atomic mass is 32.1. The van der Waals surface area contributed by atoms with Crippen molar-refractivity contribution in [3.8, 4) is 0 Å². The SMILES string of the molecule is O=C(CCC(=O)NC1CCC(Cc2ccccc2)(N2CCOCC2)CC1)NCc1cccs1. The first-order valence-corrected chi connectivity index (χ1v) is 13.0. The van der Waals surface area contributed by atoms with Gasteiger partial charge < -0.3 is 15.4 Å². The van der Waals surface area contributed by atoms with Crippen molar-refractivity contribution >= 4 is 23.2 Å². The van der Waals surface area contributed by atoms with Crippen molar-refractivity contribution in [3.63, 3.8) is 0 Å². The molecule has 178 valence electrons. The molecule has 7 heteroatoms. The van der Waals surface area contributed by atoms with Gasteiger partial charge in [-0.2, -0.15) is 0 Å². The van der Waals surface area contributed by atoms with Crippen molar-refractivity contribution in [3.05, 3.63) is 58.3 Å². The first kappa shape index (κ1) is 23.9. The number of carbonyl (C=O) groups excluding carboxylic acids is 2. The highest BCUT2D eigenvalue weighted by molar-refractivity contribution is 7.09. The predicted molar refractivity (Wildman–Crippen MR) is 131 cm³/mol. The van der Waals surface area contributed by atoms with Gasteiger partial charge in [0.25, 0.3) is 0 Å². The summed E-state index contributed by atoms with van der Waals surface area (Å²) >= 11 is 1.62. The minimum atomic E-state index is -0.0728. The Hall–Kier alpha value is -2.22. The summed E-state index contributed by atoms with van der Waals surface area (Å²) < 4.78 is 5.61. The van der Waals surface area contributed by atoms with E-state index < -0.39 is 0 Å². The van der Waals surface area contributed by atoms with Gasteiger partial charge in [-0.15, -0.1) is 11.3 Å². The van der Waals surface area contributed by atoms with E-state index in [4.69, 9.17) is 4.74 Å². The average Bonchev–Trinajstić information content (AvgIpc) is 3.38. The van der Waals surface area contributed by atoms with Crippen LogP contribution < -0.4 is 10.6 Å². The third-order valence-electron chi connectivity index (χ3n) is 6.96. The van der Waals surface area contributed by atoms with E-state index >= 15 is 0 Å². The van der Waals surface area contributed by atoms with Crippen LogP contribution in [0.25, 0.3) is 0 Å². The van der Waals surface area contributed by atoms with Crippen LogP contribution in [0.1, 0.15) is 49.0 Å². The number of rotatable bonds is 9. The van der Waals surface area contributed by atoms with E-state index in [-0.39, 0.29) is 36.2 Å². The minimum absolute atomic E-state index is 0.0202. The fourth-order valence-electron chi connectivity index (χ4n) is 5.13. The lowest BCUT2D eigenvalue weighted by Crippen LogP contribution is -2.58. The number of carbonyl (C=O) groups is 2. The fourth-order valence-corrected chi connectivity index (χ4v) is 5.78. The van der Waals surface area contributed by atoms with E-state index in [1.807, 2.05) is 17.5 Å². The number of nitrogens with zero attached hydrogens (tertiary/aromatic N) is 1. The molecule has 1 aliphatic heterocycles. The lowest BCUT2D eigenvalue weighted by Gasteiger charge is -2.50. The summed E-state index contributed by atoms with van der Waals surface area (Å²) in [6.45, 7) is 4.08. The van der Waals surface area contributed by atoms with Crippen LogP contribution in [0.3, 0.4) is 0 Å². The Labute approximate surface area is 200 Å². The largest absolute Gasteiger partial charge is 0.379 e. The maximum Gasteiger partial charge on any atom is 0.220 e. The Morgan fingerprint density at radius 1 is 1.00 bits per heavy atom. The van der Waals surface area contributed by atoms with Crippen molar-refractivity contribution < 1.29 is 14.3 Å². The Bertz CT molecular complexity index is 873. The van der Waals surface area contributed by atoms with Crippen LogP contribution in [0.5, 0.6) is 0 Å². The second-order valence-corrected chi connectivity index (χ2v) is 10.2. The zero-order valence-corrected chi connectivity index (χ0v) is 20.1. The molecule has 0 unspecified atom stereocenters. The summed E-state index contributed by atoms with van der Waals surface area (Å²) in [6, 6.07) is 14.9. The van der Waals surface area contributed by atoms with Gasteiger partial charge in [0.05, 0.1) is 19.8 Å². The van der Waals surface area contributed by atoms with Gasteiger partial charge in [0.15, 0.2) is 0 Å². The third-order valence-corrected chi connectivity index (χ3v) is 7.83. The Balaban J connectivity index is 1.25. The molecule has 2 amide bonds. The number of nitrogens with one attached hydrogen (secondary N) is 2. The van der Waals surface area contributed by atoms with Crippen LogP contribution in [-0.2, 0) is 27.3 Å². The first-order valence-electron chi connectivity index (χ1n) is 12.1. The quantitative estimate of drug-likeness (QED) is 0.590. The normalized spacial score (nSPS) is 23.7. The molecule has 2 aliphatic rings. The number of thiophene rings is 1. The van der Waals surface area contributed by atoms with Crippen molar-refractivity contribution in [1.29, 1.82) is 0 Å². The predicted octanol–water partition coefficient (Wildman–Crippen LogP) is 3.52. The summed E-state index contributed by atoms with van der Waals surface area (Å²) in [4.78, 5) is 28.3. The van der Waals surface area contributed by atoms with Crippen LogP contribution in [-0.4, -0.2) is 54.6 Å². The second kappa shape index (κ2) is 11.8. The molecule has 2 N–H and O–H groups in total. The molecule has 1 aromatic carbocycles. The van der Waals surface area contributed by atoms with Gasteiger partial charge >= 0.3 is 0 Å². The Kier molecular flexibility index (Phi) is 8.53. The lowest BCUT2D eigenvalue weighted by molar-refractivity contribution is -0.127. The molecular formula is C26H35N3O3S. The van der Waals surface area contributed by atoms with Gasteiger partial charge in [-0.25, -0.2) is 0 Å². The number of benzene rings is 1. The molecule has 1 saturated carbocycles. The monoisotopic (exact) mass is 469 g/mol. The van der Waals surface area contributed by atoms with Gasteiger partial charge in [-0.1, -0.05) is 36.4 Å². The number of amides is 2. The van der Waals surface area contributed by atoms with E-state index in [1.165, 1.54) is 5.56 Å². The number of hydrogen-bond acceptors (Lipinski definition) is 5. The second-order valence-electron chi connectivity index (χ2n) is 9.18. The first-order chi connectivity index (χ1) is 16.1. The smallest absolute Gasteiger partial charge is 0.220 e. The van der Waals surface area contributed by atoms with E-state index in [0.29, 0.717) is 6.54 Å². The molecule has 2 heterocycles. The number of hydrogen-bond donors (Lipinski definition) is 2. The standard InChI is InChI=1S/C26H35N3O3S/c30-24(27-20-23-7-4-18-33-23)8-9-25(31)28-22-10-12-26(13-11-22,29-14-16-32-17-15-29)19-21-5-2-1-3-6-21/h1-7,18,22H,8-17,19-20H2,(H,27,30)(H,28,31). The maximum absolute atomic E-state index is 12.5. The fraction of sp³-hybridized carbons (Fsp3) is 0.538. The number of ether oxygens (including phenoxy) is 1. The summed E-state index contributed by atoms with van der Waals surface area (Å²) in [7, 11) is 0. The van der Waals surface area contributed by atoms with Gasteiger partial charge in [-0.3, -0.25) is 14.5 Å². The topological polar surface area (TPSA) is 70.7 Å². The Morgan fingerprint density at radius 2 is 1.73 bits per heavy atom. The summed E-state index contributed by atoms with van der Waals surface area (Å²) in [5.74, 6) is -0.0930.